The molecule has 0 spiro atoms. The summed E-state index contributed by atoms with van der Waals surface area (Å²) in [5.74, 6) is -1.80. The molecule has 5 N–H and O–H groups in total. The topological polar surface area (TPSA) is 125 Å². The lowest BCUT2D eigenvalue weighted by Gasteiger charge is -2.13. The van der Waals surface area contributed by atoms with E-state index in [1.54, 1.807) is 13.8 Å². The van der Waals surface area contributed by atoms with E-state index < -0.39 is 24.0 Å². The first-order valence-corrected chi connectivity index (χ1v) is 7.85. The minimum Gasteiger partial charge on any atom is -0.445 e. The van der Waals surface area contributed by atoms with Crippen molar-refractivity contribution in [2.75, 3.05) is 5.73 Å². The van der Waals surface area contributed by atoms with Crippen molar-refractivity contribution in [2.45, 2.75) is 32.9 Å². The molecular formula is C13H16Cl3N4O4+. The predicted octanol–water partition coefficient (Wildman–Crippen LogP) is 1.82. The molecule has 1 aromatic heterocycles. The molecule has 3 amide bonds. The summed E-state index contributed by atoms with van der Waals surface area (Å²) >= 11 is 17.5. The maximum Gasteiger partial charge on any atom is 0.406 e. The number of rotatable bonds is 4. The first-order chi connectivity index (χ1) is 11.0. The first-order valence-electron chi connectivity index (χ1n) is 6.72. The van der Waals surface area contributed by atoms with Crippen LogP contribution in [0.2, 0.25) is 15.2 Å². The Labute approximate surface area is 153 Å². The van der Waals surface area contributed by atoms with Gasteiger partial charge in [-0.05, 0) is 32.4 Å². The highest BCUT2D eigenvalue weighted by Crippen LogP contribution is 2.32. The average molecular weight is 399 g/mol. The number of aromatic amines is 1. The van der Waals surface area contributed by atoms with Crippen LogP contribution in [0.25, 0.3) is 0 Å². The van der Waals surface area contributed by atoms with Gasteiger partial charge in [0.2, 0.25) is 0 Å². The smallest absolute Gasteiger partial charge is 0.406 e. The maximum absolute atomic E-state index is 12.1. The number of imide groups is 1. The van der Waals surface area contributed by atoms with E-state index in [1.807, 2.05) is 5.32 Å². The fourth-order valence-electron chi connectivity index (χ4n) is 1.49. The molecule has 1 aromatic rings. The first kappa shape index (κ1) is 20.3. The normalized spacial score (nSPS) is 11.8. The van der Waals surface area contributed by atoms with Gasteiger partial charge in [0.1, 0.15) is 10.0 Å². The third-order valence-electron chi connectivity index (χ3n) is 2.63. The Morgan fingerprint density at radius 2 is 1.71 bits per heavy atom. The molecule has 1 atom stereocenters. The zero-order valence-corrected chi connectivity index (χ0v) is 15.3. The van der Waals surface area contributed by atoms with E-state index in [-0.39, 0.29) is 32.6 Å². The number of urea groups is 1. The second-order valence-corrected chi connectivity index (χ2v) is 6.15. The number of H-pyrrole nitrogens is 1. The van der Waals surface area contributed by atoms with Crippen LogP contribution < -0.4 is 21.4 Å². The predicted molar refractivity (Wildman–Crippen MR) is 89.1 cm³/mol. The van der Waals surface area contributed by atoms with E-state index in [9.17, 15) is 14.4 Å². The largest absolute Gasteiger partial charge is 0.445 e. The molecule has 0 saturated heterocycles. The summed E-state index contributed by atoms with van der Waals surface area (Å²) in [5, 5.41) is 4.14. The van der Waals surface area contributed by atoms with Gasteiger partial charge in [-0.2, -0.15) is 4.98 Å². The Morgan fingerprint density at radius 3 is 2.25 bits per heavy atom. The van der Waals surface area contributed by atoms with Gasteiger partial charge in [-0.25, -0.2) is 9.59 Å². The molecule has 1 heterocycles. The number of pyridine rings is 1. The van der Waals surface area contributed by atoms with Gasteiger partial charge >= 0.3 is 17.7 Å². The van der Waals surface area contributed by atoms with Crippen LogP contribution in [0.3, 0.4) is 0 Å². The van der Waals surface area contributed by atoms with Gasteiger partial charge in [0.25, 0.3) is 11.1 Å². The highest BCUT2D eigenvalue weighted by atomic mass is 35.5. The van der Waals surface area contributed by atoms with Crippen LogP contribution in [-0.4, -0.2) is 30.1 Å². The van der Waals surface area contributed by atoms with Crippen molar-refractivity contribution in [3.05, 3.63) is 20.9 Å². The zero-order chi connectivity index (χ0) is 18.6. The van der Waals surface area contributed by atoms with Gasteiger partial charge in [0.15, 0.2) is 6.10 Å². The highest BCUT2D eigenvalue weighted by molar-refractivity contribution is 6.45. The number of amides is 3. The second-order valence-electron chi connectivity index (χ2n) is 5.02. The van der Waals surface area contributed by atoms with Crippen molar-refractivity contribution >= 4 is 58.4 Å². The molecule has 0 bridgehead atoms. The van der Waals surface area contributed by atoms with Gasteiger partial charge in [0, 0.05) is 6.04 Å². The van der Waals surface area contributed by atoms with Crippen LogP contribution in [0.5, 0.6) is 0 Å². The average Bonchev–Trinajstić information content (AvgIpc) is 2.47. The highest BCUT2D eigenvalue weighted by Gasteiger charge is 2.30. The number of ether oxygens (including phenoxy) is 1. The van der Waals surface area contributed by atoms with Crippen molar-refractivity contribution in [1.29, 1.82) is 0 Å². The van der Waals surface area contributed by atoms with Gasteiger partial charge in [-0.1, -0.05) is 23.2 Å². The molecule has 0 fully saturated rings. The number of nitrogen functional groups attached to an aromatic ring is 1. The minimum atomic E-state index is -1.27. The summed E-state index contributed by atoms with van der Waals surface area (Å²) in [7, 11) is 0. The van der Waals surface area contributed by atoms with Crippen LogP contribution in [0.15, 0.2) is 0 Å². The molecule has 11 heteroatoms. The van der Waals surface area contributed by atoms with Crippen molar-refractivity contribution in [2.24, 2.45) is 0 Å². The van der Waals surface area contributed by atoms with Crippen LogP contribution in [0.4, 0.5) is 10.5 Å². The molecule has 0 aliphatic carbocycles. The van der Waals surface area contributed by atoms with Crippen molar-refractivity contribution in [3.63, 3.8) is 0 Å². The van der Waals surface area contributed by atoms with E-state index in [1.165, 1.54) is 6.92 Å². The summed E-state index contributed by atoms with van der Waals surface area (Å²) in [6, 6.07) is -0.871. The fraction of sp³-hybridized carbons (Fsp3) is 0.385. The standard InChI is InChI=1S/C13H15Cl3N4O4/c1-4(2)18-13(23)20-11(21)5(3)24-12(22)9-6(14)8(17)7(15)10(16)19-9/h4-5H,1-3H3,(H2,17,19)(H2,18,20,21,23)/p+1/t5-/m0/s1. The van der Waals surface area contributed by atoms with E-state index in [0.717, 1.165) is 0 Å². The lowest BCUT2D eigenvalue weighted by molar-refractivity contribution is -0.380. The number of aromatic nitrogens is 1. The van der Waals surface area contributed by atoms with Gasteiger partial charge in [-0.3, -0.25) is 10.1 Å². The lowest BCUT2D eigenvalue weighted by Crippen LogP contribution is -2.46. The zero-order valence-electron chi connectivity index (χ0n) is 13.0. The summed E-state index contributed by atoms with van der Waals surface area (Å²) in [4.78, 5) is 37.8. The minimum absolute atomic E-state index is 0.0469. The third kappa shape index (κ3) is 5.12. The number of nitrogens with one attached hydrogen (secondary N) is 3. The maximum atomic E-state index is 12.1. The Bertz CT molecular complexity index is 682. The number of nitrogens with two attached hydrogens (primary N) is 1. The number of hydrogen-bond donors (Lipinski definition) is 3. The molecule has 0 aromatic carbocycles. The Balaban J connectivity index is 2.81. The Kier molecular flexibility index (Phi) is 7.07. The van der Waals surface area contributed by atoms with Gasteiger partial charge < -0.3 is 15.8 Å². The van der Waals surface area contributed by atoms with Crippen LogP contribution in [-0.2, 0) is 9.53 Å². The second kappa shape index (κ2) is 8.36. The van der Waals surface area contributed by atoms with E-state index in [0.29, 0.717) is 0 Å². The summed E-state index contributed by atoms with van der Waals surface area (Å²) in [6.45, 7) is 4.73. The van der Waals surface area contributed by atoms with Crippen LogP contribution in [0, 0.1) is 0 Å². The number of carbonyl (C=O) groups is 3. The van der Waals surface area contributed by atoms with Crippen LogP contribution in [0.1, 0.15) is 31.3 Å². The summed E-state index contributed by atoms with van der Waals surface area (Å²) in [6.07, 6.45) is -1.27. The molecule has 0 aliphatic rings. The number of esters is 1. The Hall–Kier alpha value is -1.77. The van der Waals surface area contributed by atoms with Gasteiger partial charge in [-0.15, -0.1) is 0 Å². The van der Waals surface area contributed by atoms with Gasteiger partial charge in [0.05, 0.1) is 5.69 Å². The lowest BCUT2D eigenvalue weighted by atomic mass is 10.3. The molecule has 0 radical (unpaired) electrons. The quantitative estimate of drug-likeness (QED) is 0.527. The number of anilines is 1. The summed E-state index contributed by atoms with van der Waals surface area (Å²) in [5.41, 5.74) is 5.24. The van der Waals surface area contributed by atoms with Crippen molar-refractivity contribution in [1.82, 2.24) is 10.6 Å². The molecule has 0 saturated carbocycles. The monoisotopic (exact) mass is 397 g/mol. The molecular weight excluding hydrogens is 383 g/mol. The molecule has 0 unspecified atom stereocenters. The summed E-state index contributed by atoms with van der Waals surface area (Å²) < 4.78 is 4.93. The fourth-order valence-corrected chi connectivity index (χ4v) is 2.10. The van der Waals surface area contributed by atoms with Crippen molar-refractivity contribution in [3.8, 4) is 0 Å². The molecule has 24 heavy (non-hydrogen) atoms. The number of hydrogen-bond acceptors (Lipinski definition) is 5. The molecule has 1 rings (SSSR count). The number of carbonyl (C=O) groups excluding carboxylic acids is 3. The van der Waals surface area contributed by atoms with Crippen LogP contribution >= 0.6 is 34.8 Å². The molecule has 132 valence electrons. The SMILES string of the molecule is CC(C)NC(=O)NC(=O)[C@H](C)OC(=O)c1[nH+]c(Cl)c(Cl)c(N)c1Cl. The van der Waals surface area contributed by atoms with E-state index >= 15 is 0 Å². The Morgan fingerprint density at radius 1 is 1.12 bits per heavy atom. The van der Waals surface area contributed by atoms with E-state index in [4.69, 9.17) is 45.3 Å². The van der Waals surface area contributed by atoms with Crippen molar-refractivity contribution < 1.29 is 24.1 Å². The molecule has 8 nitrogen and oxygen atoms in total. The molecule has 0 aliphatic heterocycles. The third-order valence-corrected chi connectivity index (χ3v) is 3.80. The van der Waals surface area contributed by atoms with E-state index in [2.05, 4.69) is 10.3 Å². The number of halogens is 3.